The highest BCUT2D eigenvalue weighted by atomic mass is 32.1. The maximum atomic E-state index is 13.3. The molecule has 0 bridgehead atoms. The molecule has 2 aromatic rings. The second-order valence-corrected chi connectivity index (χ2v) is 11.1. The van der Waals surface area contributed by atoms with Gasteiger partial charge in [-0.25, -0.2) is 9.97 Å². The number of aryl methyl sites for hydroxylation is 1. The monoisotopic (exact) mass is 466 g/mol. The van der Waals surface area contributed by atoms with E-state index in [1.165, 1.54) is 42.5 Å². The Labute approximate surface area is 200 Å². The Bertz CT molecular complexity index is 1010. The van der Waals surface area contributed by atoms with Gasteiger partial charge >= 0.3 is 0 Å². The minimum absolute atomic E-state index is 0.121. The van der Waals surface area contributed by atoms with Gasteiger partial charge in [-0.3, -0.25) is 4.79 Å². The molecule has 4 heterocycles. The van der Waals surface area contributed by atoms with Crippen molar-refractivity contribution in [2.45, 2.75) is 89.0 Å². The fourth-order valence-corrected chi connectivity index (χ4v) is 7.07. The maximum absolute atomic E-state index is 13.3. The molecule has 2 aliphatic heterocycles. The quantitative estimate of drug-likeness (QED) is 0.682. The van der Waals surface area contributed by atoms with E-state index < -0.39 is 0 Å². The molecule has 0 spiro atoms. The third-order valence-corrected chi connectivity index (χ3v) is 8.97. The normalized spacial score (nSPS) is 23.3. The lowest BCUT2D eigenvalue weighted by Gasteiger charge is -2.32. The molecule has 1 atom stereocenters. The number of nitrogens with one attached hydrogen (secondary N) is 1. The highest BCUT2D eigenvalue weighted by Gasteiger charge is 2.36. The van der Waals surface area contributed by atoms with Crippen molar-refractivity contribution < 1.29 is 4.79 Å². The third kappa shape index (κ3) is 4.22. The molecule has 0 aromatic carbocycles. The zero-order chi connectivity index (χ0) is 22.2. The van der Waals surface area contributed by atoms with Gasteiger partial charge in [-0.05, 0) is 70.1 Å². The minimum atomic E-state index is -0.121. The summed E-state index contributed by atoms with van der Waals surface area (Å²) in [5.41, 5.74) is 2.38. The van der Waals surface area contributed by atoms with Crippen molar-refractivity contribution in [1.29, 1.82) is 0 Å². The van der Waals surface area contributed by atoms with Crippen molar-refractivity contribution in [2.75, 3.05) is 29.9 Å². The van der Waals surface area contributed by atoms with Crippen LogP contribution >= 0.6 is 11.3 Å². The molecule has 6 rings (SSSR count). The minimum Gasteiger partial charge on any atom is -0.341 e. The molecule has 3 fully saturated rings. The maximum Gasteiger partial charge on any atom is 0.245 e. The lowest BCUT2D eigenvalue weighted by atomic mass is 10.1. The van der Waals surface area contributed by atoms with Crippen LogP contribution < -0.4 is 10.2 Å². The van der Waals surface area contributed by atoms with Crippen molar-refractivity contribution in [2.24, 2.45) is 0 Å². The van der Waals surface area contributed by atoms with E-state index in [0.29, 0.717) is 5.92 Å². The van der Waals surface area contributed by atoms with E-state index in [1.807, 2.05) is 0 Å². The highest BCUT2D eigenvalue weighted by Crippen LogP contribution is 2.39. The molecule has 1 N–H and O–H groups in total. The van der Waals surface area contributed by atoms with Gasteiger partial charge in [0.25, 0.3) is 0 Å². The molecule has 176 valence electrons. The van der Waals surface area contributed by atoms with E-state index in [1.54, 1.807) is 11.3 Å². The van der Waals surface area contributed by atoms with Crippen molar-refractivity contribution >= 4 is 34.1 Å². The Balaban J connectivity index is 1.25. The Morgan fingerprint density at radius 2 is 1.79 bits per heavy atom. The van der Waals surface area contributed by atoms with Gasteiger partial charge in [0.1, 0.15) is 11.9 Å². The second-order valence-electron chi connectivity index (χ2n) is 10.1. The number of amides is 1. The fourth-order valence-electron chi connectivity index (χ4n) is 6.08. The zero-order valence-corrected chi connectivity index (χ0v) is 20.2. The Morgan fingerprint density at radius 3 is 2.64 bits per heavy atom. The van der Waals surface area contributed by atoms with Crippen molar-refractivity contribution in [3.63, 3.8) is 0 Å². The summed E-state index contributed by atoms with van der Waals surface area (Å²) < 4.78 is 0. The summed E-state index contributed by atoms with van der Waals surface area (Å²) in [4.78, 5) is 33.6. The smallest absolute Gasteiger partial charge is 0.245 e. The van der Waals surface area contributed by atoms with Crippen LogP contribution in [0.1, 0.15) is 86.3 Å². The number of likely N-dealkylation sites (tertiary alicyclic amines) is 1. The van der Waals surface area contributed by atoms with E-state index in [2.05, 4.69) is 26.3 Å². The molecule has 2 aliphatic carbocycles. The van der Waals surface area contributed by atoms with Gasteiger partial charge in [0.05, 0.1) is 5.69 Å². The predicted molar refractivity (Wildman–Crippen MR) is 131 cm³/mol. The molecule has 8 heteroatoms. The summed E-state index contributed by atoms with van der Waals surface area (Å²) in [6.45, 7) is 2.65. The van der Waals surface area contributed by atoms with E-state index in [-0.39, 0.29) is 11.9 Å². The fraction of sp³-hybridized carbons (Fsp3) is 0.680. The average molecular weight is 467 g/mol. The number of fused-ring (bicyclic) bond motifs is 1. The van der Waals surface area contributed by atoms with E-state index in [0.717, 1.165) is 87.2 Å². The van der Waals surface area contributed by atoms with E-state index in [9.17, 15) is 4.79 Å². The number of carbonyl (C=O) groups excluding carboxylic acids is 1. The first-order valence-electron chi connectivity index (χ1n) is 12.9. The second kappa shape index (κ2) is 9.20. The molecule has 4 aliphatic rings. The zero-order valence-electron chi connectivity index (χ0n) is 19.4. The summed E-state index contributed by atoms with van der Waals surface area (Å²) in [7, 11) is 0. The lowest BCUT2D eigenvalue weighted by Crippen LogP contribution is -2.48. The van der Waals surface area contributed by atoms with Crippen LogP contribution in [0, 0.1) is 0 Å². The number of anilines is 3. The molecule has 0 radical (unpaired) electrons. The van der Waals surface area contributed by atoms with Gasteiger partial charge in [-0.1, -0.05) is 12.8 Å². The number of hydrogen-bond acceptors (Lipinski definition) is 7. The van der Waals surface area contributed by atoms with Gasteiger partial charge in [-0.15, -0.1) is 11.3 Å². The van der Waals surface area contributed by atoms with Crippen LogP contribution in [0.4, 0.5) is 16.9 Å². The van der Waals surface area contributed by atoms with Gasteiger partial charge in [-0.2, -0.15) is 4.98 Å². The SMILES string of the molecule is O=C([C@H]1CCCN1c1nc2c(c(Nc3ncc(C4CCCC4)s3)n1)CCC2)N1CCCCC1. The first-order chi connectivity index (χ1) is 16.3. The number of aromatic nitrogens is 3. The van der Waals surface area contributed by atoms with Crippen LogP contribution in [-0.4, -0.2) is 51.4 Å². The molecule has 2 aromatic heterocycles. The summed E-state index contributed by atoms with van der Waals surface area (Å²) in [6.07, 6.45) is 15.8. The van der Waals surface area contributed by atoms with Crippen molar-refractivity contribution in [3.05, 3.63) is 22.3 Å². The summed E-state index contributed by atoms with van der Waals surface area (Å²) in [6, 6.07) is -0.121. The average Bonchev–Trinajstić information content (AvgIpc) is 3.65. The number of nitrogens with zero attached hydrogens (tertiary/aromatic N) is 5. The molecule has 1 amide bonds. The van der Waals surface area contributed by atoms with Crippen LogP contribution in [0.15, 0.2) is 6.20 Å². The number of thiazole rings is 1. The number of rotatable bonds is 5. The largest absolute Gasteiger partial charge is 0.341 e. The molecule has 1 saturated carbocycles. The predicted octanol–water partition coefficient (Wildman–Crippen LogP) is 4.80. The molecule has 0 unspecified atom stereocenters. The summed E-state index contributed by atoms with van der Waals surface area (Å²) in [5, 5.41) is 4.48. The Morgan fingerprint density at radius 1 is 0.939 bits per heavy atom. The topological polar surface area (TPSA) is 74.2 Å². The highest BCUT2D eigenvalue weighted by molar-refractivity contribution is 7.15. The lowest BCUT2D eigenvalue weighted by molar-refractivity contribution is -0.133. The summed E-state index contributed by atoms with van der Waals surface area (Å²) >= 11 is 1.78. The molecule has 2 saturated heterocycles. The first kappa shape index (κ1) is 21.3. The Hall–Kier alpha value is -2.22. The summed E-state index contributed by atoms with van der Waals surface area (Å²) in [5.74, 6) is 2.57. The van der Waals surface area contributed by atoms with Crippen LogP contribution in [0.5, 0.6) is 0 Å². The third-order valence-electron chi connectivity index (χ3n) is 7.89. The van der Waals surface area contributed by atoms with E-state index >= 15 is 0 Å². The molecule has 7 nitrogen and oxygen atoms in total. The van der Waals surface area contributed by atoms with Gasteiger partial charge < -0.3 is 15.1 Å². The van der Waals surface area contributed by atoms with Crippen molar-refractivity contribution in [1.82, 2.24) is 19.9 Å². The number of carbonyl (C=O) groups is 1. The first-order valence-corrected chi connectivity index (χ1v) is 13.8. The number of piperidine rings is 1. The van der Waals surface area contributed by atoms with Crippen LogP contribution in [0.2, 0.25) is 0 Å². The standard InChI is InChI=1S/C25H34N6OS/c32-23(30-13-4-1-5-14-30)20-12-7-15-31(20)24-27-19-11-6-10-18(19)22(28-24)29-25-26-16-21(33-25)17-8-2-3-9-17/h16-17,20H,1-15H2,(H,26,27,28,29)/t20-/m1/s1. The van der Waals surface area contributed by atoms with Gasteiger partial charge in [0.2, 0.25) is 11.9 Å². The van der Waals surface area contributed by atoms with Gasteiger partial charge in [0.15, 0.2) is 5.13 Å². The van der Waals surface area contributed by atoms with Crippen LogP contribution in [0.3, 0.4) is 0 Å². The molecule has 33 heavy (non-hydrogen) atoms. The molecular weight excluding hydrogens is 432 g/mol. The van der Waals surface area contributed by atoms with Gasteiger partial charge in [0, 0.05) is 36.3 Å². The van der Waals surface area contributed by atoms with E-state index in [4.69, 9.17) is 9.97 Å². The number of hydrogen-bond donors (Lipinski definition) is 1. The van der Waals surface area contributed by atoms with Crippen LogP contribution in [0.25, 0.3) is 0 Å². The molecular formula is C25H34N6OS. The van der Waals surface area contributed by atoms with Crippen molar-refractivity contribution in [3.8, 4) is 0 Å². The Kier molecular flexibility index (Phi) is 5.94. The van der Waals surface area contributed by atoms with Crippen LogP contribution in [-0.2, 0) is 17.6 Å².